The van der Waals surface area contributed by atoms with Crippen molar-refractivity contribution < 1.29 is 8.42 Å². The molecule has 5 nitrogen and oxygen atoms in total. The maximum absolute atomic E-state index is 11.1. The second-order valence-electron chi connectivity index (χ2n) is 5.00. The molecule has 1 fully saturated rings. The van der Waals surface area contributed by atoms with Crippen LogP contribution >= 0.6 is 0 Å². The number of hydrogen-bond donors (Lipinski definition) is 2. The van der Waals surface area contributed by atoms with E-state index in [4.69, 9.17) is 5.14 Å². The summed E-state index contributed by atoms with van der Waals surface area (Å²) in [6, 6.07) is 6.58. The van der Waals surface area contributed by atoms with Crippen LogP contribution in [0, 0.1) is 5.92 Å². The molecule has 0 spiro atoms. The van der Waals surface area contributed by atoms with Gasteiger partial charge in [0.1, 0.15) is 0 Å². The molecule has 1 aliphatic rings. The molecule has 0 aromatic heterocycles. The summed E-state index contributed by atoms with van der Waals surface area (Å²) in [6.07, 6.45) is 1.22. The predicted octanol–water partition coefficient (Wildman–Crippen LogP) is 1.09. The monoisotopic (exact) mass is 283 g/mol. The van der Waals surface area contributed by atoms with Gasteiger partial charge < -0.3 is 10.2 Å². The molecule has 1 aliphatic heterocycles. The number of primary sulfonamides is 1. The fourth-order valence-corrected chi connectivity index (χ4v) is 2.91. The van der Waals surface area contributed by atoms with Crippen molar-refractivity contribution in [1.29, 1.82) is 0 Å². The van der Waals surface area contributed by atoms with E-state index in [1.54, 1.807) is 12.1 Å². The molecule has 1 aromatic carbocycles. The van der Waals surface area contributed by atoms with Gasteiger partial charge in [-0.2, -0.15) is 0 Å². The van der Waals surface area contributed by atoms with Crippen LogP contribution in [0.2, 0.25) is 0 Å². The Balaban J connectivity index is 1.87. The van der Waals surface area contributed by atoms with Crippen LogP contribution in [0.1, 0.15) is 13.3 Å². The molecule has 0 amide bonds. The molecule has 2 rings (SSSR count). The Morgan fingerprint density at radius 2 is 2.05 bits per heavy atom. The number of likely N-dealkylation sites (tertiary alicyclic amines) is 1. The molecule has 1 unspecified atom stereocenters. The van der Waals surface area contributed by atoms with Crippen LogP contribution in [-0.2, 0) is 10.0 Å². The first-order valence-corrected chi connectivity index (χ1v) is 8.12. The SMILES string of the molecule is CCN1CCC(CNc2ccc(S(N)(=O)=O)cc2)C1. The molecular formula is C13H21N3O2S. The molecular weight excluding hydrogens is 262 g/mol. The van der Waals surface area contributed by atoms with E-state index in [9.17, 15) is 8.42 Å². The highest BCUT2D eigenvalue weighted by molar-refractivity contribution is 7.89. The van der Waals surface area contributed by atoms with Crippen LogP contribution in [0.5, 0.6) is 0 Å². The molecule has 0 saturated carbocycles. The molecule has 0 bridgehead atoms. The summed E-state index contributed by atoms with van der Waals surface area (Å²) >= 11 is 0. The second kappa shape index (κ2) is 5.90. The van der Waals surface area contributed by atoms with Gasteiger partial charge in [0.15, 0.2) is 0 Å². The van der Waals surface area contributed by atoms with E-state index in [1.165, 1.54) is 25.1 Å². The van der Waals surface area contributed by atoms with Gasteiger partial charge >= 0.3 is 0 Å². The number of nitrogens with one attached hydrogen (secondary N) is 1. The van der Waals surface area contributed by atoms with Crippen LogP contribution in [0.15, 0.2) is 29.2 Å². The Bertz CT molecular complexity index is 513. The van der Waals surface area contributed by atoms with Gasteiger partial charge in [-0.15, -0.1) is 0 Å². The fraction of sp³-hybridized carbons (Fsp3) is 0.538. The lowest BCUT2D eigenvalue weighted by Gasteiger charge is -2.14. The van der Waals surface area contributed by atoms with E-state index in [0.717, 1.165) is 25.3 Å². The largest absolute Gasteiger partial charge is 0.385 e. The number of nitrogens with two attached hydrogens (primary N) is 1. The minimum atomic E-state index is -3.60. The van der Waals surface area contributed by atoms with Gasteiger partial charge in [0.25, 0.3) is 0 Å². The van der Waals surface area contributed by atoms with Gasteiger partial charge in [0, 0.05) is 18.8 Å². The van der Waals surface area contributed by atoms with Gasteiger partial charge in [0.05, 0.1) is 4.90 Å². The van der Waals surface area contributed by atoms with E-state index < -0.39 is 10.0 Å². The van der Waals surface area contributed by atoms with Crippen LogP contribution in [0.25, 0.3) is 0 Å². The molecule has 3 N–H and O–H groups in total. The van der Waals surface area contributed by atoms with Crippen molar-refractivity contribution in [1.82, 2.24) is 4.90 Å². The summed E-state index contributed by atoms with van der Waals surface area (Å²) < 4.78 is 22.3. The number of nitrogens with zero attached hydrogens (tertiary/aromatic N) is 1. The third kappa shape index (κ3) is 3.92. The molecule has 1 aromatic rings. The zero-order chi connectivity index (χ0) is 13.9. The Morgan fingerprint density at radius 1 is 1.37 bits per heavy atom. The number of benzene rings is 1. The lowest BCUT2D eigenvalue weighted by atomic mass is 10.1. The van der Waals surface area contributed by atoms with Crippen LogP contribution < -0.4 is 10.5 Å². The van der Waals surface area contributed by atoms with Crippen molar-refractivity contribution >= 4 is 15.7 Å². The predicted molar refractivity (Wildman–Crippen MR) is 76.5 cm³/mol. The zero-order valence-electron chi connectivity index (χ0n) is 11.2. The van der Waals surface area contributed by atoms with E-state index in [0.29, 0.717) is 5.92 Å². The molecule has 0 radical (unpaired) electrons. The molecule has 6 heteroatoms. The van der Waals surface area contributed by atoms with Gasteiger partial charge in [-0.25, -0.2) is 13.6 Å². The summed E-state index contributed by atoms with van der Waals surface area (Å²) in [4.78, 5) is 2.59. The summed E-state index contributed by atoms with van der Waals surface area (Å²) in [5.41, 5.74) is 0.933. The summed E-state index contributed by atoms with van der Waals surface area (Å²) in [5, 5.41) is 8.40. The third-order valence-corrected chi connectivity index (χ3v) is 4.52. The number of rotatable bonds is 5. The Hall–Kier alpha value is -1.11. The molecule has 1 heterocycles. The molecule has 106 valence electrons. The lowest BCUT2D eigenvalue weighted by molar-refractivity contribution is 0.345. The first-order valence-electron chi connectivity index (χ1n) is 6.58. The normalized spacial score (nSPS) is 20.6. The van der Waals surface area contributed by atoms with Crippen LogP contribution in [0.3, 0.4) is 0 Å². The van der Waals surface area contributed by atoms with E-state index >= 15 is 0 Å². The molecule has 1 atom stereocenters. The average molecular weight is 283 g/mol. The minimum Gasteiger partial charge on any atom is -0.385 e. The van der Waals surface area contributed by atoms with Crippen molar-refractivity contribution in [3.63, 3.8) is 0 Å². The van der Waals surface area contributed by atoms with Gasteiger partial charge in [-0.1, -0.05) is 6.92 Å². The lowest BCUT2D eigenvalue weighted by Crippen LogP contribution is -2.22. The summed E-state index contributed by atoms with van der Waals surface area (Å²) in [5.74, 6) is 0.665. The van der Waals surface area contributed by atoms with Crippen molar-refractivity contribution in [3.05, 3.63) is 24.3 Å². The Labute approximate surface area is 114 Å². The Morgan fingerprint density at radius 3 is 2.58 bits per heavy atom. The molecule has 19 heavy (non-hydrogen) atoms. The van der Waals surface area contributed by atoms with E-state index in [2.05, 4.69) is 17.1 Å². The number of anilines is 1. The topological polar surface area (TPSA) is 75.4 Å². The van der Waals surface area contributed by atoms with E-state index in [-0.39, 0.29) is 4.90 Å². The fourth-order valence-electron chi connectivity index (χ4n) is 2.39. The Kier molecular flexibility index (Phi) is 4.44. The smallest absolute Gasteiger partial charge is 0.238 e. The van der Waals surface area contributed by atoms with Crippen molar-refractivity contribution in [2.24, 2.45) is 11.1 Å². The van der Waals surface area contributed by atoms with E-state index in [1.807, 2.05) is 0 Å². The highest BCUT2D eigenvalue weighted by Crippen LogP contribution is 2.18. The third-order valence-electron chi connectivity index (χ3n) is 3.59. The highest BCUT2D eigenvalue weighted by Gasteiger charge is 2.20. The average Bonchev–Trinajstić information content (AvgIpc) is 2.84. The maximum Gasteiger partial charge on any atom is 0.238 e. The second-order valence-corrected chi connectivity index (χ2v) is 6.56. The van der Waals surface area contributed by atoms with Gasteiger partial charge in [-0.05, 0) is 49.7 Å². The van der Waals surface area contributed by atoms with Crippen LogP contribution in [-0.4, -0.2) is 39.5 Å². The quantitative estimate of drug-likeness (QED) is 0.848. The van der Waals surface area contributed by atoms with Gasteiger partial charge in [-0.3, -0.25) is 0 Å². The van der Waals surface area contributed by atoms with Gasteiger partial charge in [0.2, 0.25) is 10.0 Å². The first kappa shape index (κ1) is 14.3. The van der Waals surface area contributed by atoms with Crippen molar-refractivity contribution in [2.45, 2.75) is 18.2 Å². The summed E-state index contributed by atoms with van der Waals surface area (Å²) in [6.45, 7) is 6.53. The zero-order valence-corrected chi connectivity index (χ0v) is 12.0. The standard InChI is InChI=1S/C13H21N3O2S/c1-2-16-8-7-11(10-16)9-15-12-3-5-13(6-4-12)19(14,17)18/h3-6,11,15H,2,7-10H2,1H3,(H2,14,17,18). The molecule has 1 saturated heterocycles. The van der Waals surface area contributed by atoms with Crippen molar-refractivity contribution in [2.75, 3.05) is 31.5 Å². The minimum absolute atomic E-state index is 0.149. The maximum atomic E-state index is 11.1. The summed E-state index contributed by atoms with van der Waals surface area (Å²) in [7, 11) is -3.60. The molecule has 0 aliphatic carbocycles. The highest BCUT2D eigenvalue weighted by atomic mass is 32.2. The number of hydrogen-bond acceptors (Lipinski definition) is 4. The van der Waals surface area contributed by atoms with Crippen molar-refractivity contribution in [3.8, 4) is 0 Å². The first-order chi connectivity index (χ1) is 8.99. The number of sulfonamides is 1. The van der Waals surface area contributed by atoms with Crippen LogP contribution in [0.4, 0.5) is 5.69 Å².